The molecule has 1 aliphatic rings. The minimum Gasteiger partial charge on any atom is -0.329 e. The van der Waals surface area contributed by atoms with E-state index in [0.29, 0.717) is 11.0 Å². The third-order valence-corrected chi connectivity index (χ3v) is 4.39. The molecule has 0 aromatic heterocycles. The molecule has 106 valence electrons. The van der Waals surface area contributed by atoms with E-state index in [0.717, 1.165) is 38.2 Å². The van der Waals surface area contributed by atoms with Gasteiger partial charge in [0.05, 0.1) is 4.47 Å². The molecule has 2 N–H and O–H groups in total. The lowest BCUT2D eigenvalue weighted by Gasteiger charge is -2.30. The number of nitrogens with two attached hydrogens (primary N) is 1. The second kappa shape index (κ2) is 6.79. The van der Waals surface area contributed by atoms with E-state index in [4.69, 9.17) is 5.73 Å². The Balaban J connectivity index is 2.16. The van der Waals surface area contributed by atoms with Gasteiger partial charge in [-0.2, -0.15) is 0 Å². The van der Waals surface area contributed by atoms with E-state index in [1.54, 1.807) is 12.1 Å². The maximum absolute atomic E-state index is 13.7. The first kappa shape index (κ1) is 14.9. The van der Waals surface area contributed by atoms with Gasteiger partial charge >= 0.3 is 0 Å². The Morgan fingerprint density at radius 1 is 1.32 bits per heavy atom. The van der Waals surface area contributed by atoms with Gasteiger partial charge in [-0.3, -0.25) is 4.90 Å². The van der Waals surface area contributed by atoms with E-state index < -0.39 is 0 Å². The molecular formula is C14H21BrFN3. The van der Waals surface area contributed by atoms with Gasteiger partial charge in [-0.25, -0.2) is 4.39 Å². The van der Waals surface area contributed by atoms with E-state index in [9.17, 15) is 4.39 Å². The molecule has 5 heteroatoms. The Labute approximate surface area is 122 Å². The van der Waals surface area contributed by atoms with Crippen molar-refractivity contribution >= 4 is 15.9 Å². The van der Waals surface area contributed by atoms with Gasteiger partial charge in [0.1, 0.15) is 5.82 Å². The van der Waals surface area contributed by atoms with Crippen LogP contribution < -0.4 is 5.73 Å². The van der Waals surface area contributed by atoms with Crippen molar-refractivity contribution in [2.24, 2.45) is 5.73 Å². The Morgan fingerprint density at radius 3 is 2.79 bits per heavy atom. The van der Waals surface area contributed by atoms with Gasteiger partial charge in [-0.15, -0.1) is 0 Å². The van der Waals surface area contributed by atoms with Crippen molar-refractivity contribution in [3.8, 4) is 0 Å². The second-order valence-electron chi connectivity index (χ2n) is 5.12. The molecule has 0 spiro atoms. The Morgan fingerprint density at radius 2 is 2.11 bits per heavy atom. The Bertz CT molecular complexity index is 427. The lowest BCUT2D eigenvalue weighted by Crippen LogP contribution is -2.36. The summed E-state index contributed by atoms with van der Waals surface area (Å²) in [5.74, 6) is -0.220. The molecule has 1 unspecified atom stereocenters. The number of rotatable bonds is 3. The summed E-state index contributed by atoms with van der Waals surface area (Å²) in [5.41, 5.74) is 6.89. The molecule has 19 heavy (non-hydrogen) atoms. The Hall–Kier alpha value is -0.490. The highest BCUT2D eigenvalue weighted by molar-refractivity contribution is 9.10. The molecule has 0 aliphatic carbocycles. The number of benzene rings is 1. The molecule has 1 atom stereocenters. The fourth-order valence-electron chi connectivity index (χ4n) is 2.59. The molecule has 1 aromatic rings. The highest BCUT2D eigenvalue weighted by Gasteiger charge is 2.22. The van der Waals surface area contributed by atoms with Gasteiger partial charge in [-0.1, -0.05) is 6.07 Å². The van der Waals surface area contributed by atoms with Gasteiger partial charge in [0, 0.05) is 32.2 Å². The van der Waals surface area contributed by atoms with E-state index in [1.807, 2.05) is 6.07 Å². The maximum atomic E-state index is 13.7. The molecule has 0 bridgehead atoms. The van der Waals surface area contributed by atoms with Crippen LogP contribution >= 0.6 is 15.9 Å². The minimum atomic E-state index is -0.220. The molecule has 1 saturated heterocycles. The zero-order chi connectivity index (χ0) is 13.8. The standard InChI is InChI=1S/C14H21BrFN3/c1-18-5-2-6-19(8-7-18)14(10-17)11-3-4-12(15)13(16)9-11/h3-4,9,14H,2,5-8,10,17H2,1H3. The number of halogens is 2. The predicted molar refractivity (Wildman–Crippen MR) is 79.6 cm³/mol. The van der Waals surface area contributed by atoms with Gasteiger partial charge in [0.25, 0.3) is 0 Å². The van der Waals surface area contributed by atoms with Crippen molar-refractivity contribution in [2.45, 2.75) is 12.5 Å². The smallest absolute Gasteiger partial charge is 0.137 e. The lowest BCUT2D eigenvalue weighted by atomic mass is 10.0. The van der Waals surface area contributed by atoms with Gasteiger partial charge < -0.3 is 10.6 Å². The third-order valence-electron chi connectivity index (χ3n) is 3.75. The van der Waals surface area contributed by atoms with Crippen LogP contribution in [0.3, 0.4) is 0 Å². The first-order chi connectivity index (χ1) is 9.11. The van der Waals surface area contributed by atoms with Crippen molar-refractivity contribution in [1.82, 2.24) is 9.80 Å². The molecule has 0 amide bonds. The second-order valence-corrected chi connectivity index (χ2v) is 5.97. The van der Waals surface area contributed by atoms with Gasteiger partial charge in [0.2, 0.25) is 0 Å². The molecule has 3 nitrogen and oxygen atoms in total. The summed E-state index contributed by atoms with van der Waals surface area (Å²) in [6.45, 7) is 4.67. The highest BCUT2D eigenvalue weighted by Crippen LogP contribution is 2.25. The van der Waals surface area contributed by atoms with Crippen LogP contribution in [-0.2, 0) is 0 Å². The average Bonchev–Trinajstić information content (AvgIpc) is 2.60. The van der Waals surface area contributed by atoms with Crippen molar-refractivity contribution in [2.75, 3.05) is 39.8 Å². The summed E-state index contributed by atoms with van der Waals surface area (Å²) >= 11 is 3.19. The fourth-order valence-corrected chi connectivity index (χ4v) is 2.84. The lowest BCUT2D eigenvalue weighted by molar-refractivity contribution is 0.207. The zero-order valence-corrected chi connectivity index (χ0v) is 12.9. The van der Waals surface area contributed by atoms with E-state index in [2.05, 4.69) is 32.8 Å². The monoisotopic (exact) mass is 329 g/mol. The SMILES string of the molecule is CN1CCCN(C(CN)c2ccc(Br)c(F)c2)CC1. The zero-order valence-electron chi connectivity index (χ0n) is 11.3. The first-order valence-electron chi connectivity index (χ1n) is 6.69. The van der Waals surface area contributed by atoms with Gasteiger partial charge in [-0.05, 0) is 53.6 Å². The summed E-state index contributed by atoms with van der Waals surface area (Å²) in [7, 11) is 2.14. The van der Waals surface area contributed by atoms with Crippen molar-refractivity contribution < 1.29 is 4.39 Å². The summed E-state index contributed by atoms with van der Waals surface area (Å²) < 4.78 is 14.2. The normalized spacial score (nSPS) is 20.2. The molecule has 1 heterocycles. The molecule has 1 fully saturated rings. The summed E-state index contributed by atoms with van der Waals surface area (Å²) in [4.78, 5) is 4.70. The maximum Gasteiger partial charge on any atom is 0.137 e. The van der Waals surface area contributed by atoms with Crippen molar-refractivity contribution in [3.63, 3.8) is 0 Å². The molecule has 2 rings (SSSR count). The van der Waals surface area contributed by atoms with Crippen LogP contribution in [0, 0.1) is 5.82 Å². The molecule has 1 aliphatic heterocycles. The van der Waals surface area contributed by atoms with Crippen LogP contribution in [0.25, 0.3) is 0 Å². The van der Waals surface area contributed by atoms with Crippen LogP contribution in [0.5, 0.6) is 0 Å². The number of nitrogens with zero attached hydrogens (tertiary/aromatic N) is 2. The molecule has 0 saturated carbocycles. The highest BCUT2D eigenvalue weighted by atomic mass is 79.9. The predicted octanol–water partition coefficient (Wildman–Crippen LogP) is 2.23. The van der Waals surface area contributed by atoms with E-state index >= 15 is 0 Å². The van der Waals surface area contributed by atoms with Crippen LogP contribution in [0.15, 0.2) is 22.7 Å². The number of likely N-dealkylation sites (N-methyl/N-ethyl adjacent to an activating group) is 1. The molecule has 1 aromatic carbocycles. The summed E-state index contributed by atoms with van der Waals surface area (Å²) in [6, 6.07) is 5.42. The van der Waals surface area contributed by atoms with Crippen LogP contribution in [0.2, 0.25) is 0 Å². The quantitative estimate of drug-likeness (QED) is 0.922. The summed E-state index contributed by atoms with van der Waals surface area (Å²) in [5, 5.41) is 0. The number of hydrogen-bond donors (Lipinski definition) is 1. The number of hydrogen-bond acceptors (Lipinski definition) is 3. The van der Waals surface area contributed by atoms with E-state index in [-0.39, 0.29) is 11.9 Å². The molecular weight excluding hydrogens is 309 g/mol. The largest absolute Gasteiger partial charge is 0.329 e. The summed E-state index contributed by atoms with van der Waals surface area (Å²) in [6.07, 6.45) is 1.13. The fraction of sp³-hybridized carbons (Fsp3) is 0.571. The van der Waals surface area contributed by atoms with Gasteiger partial charge in [0.15, 0.2) is 0 Å². The first-order valence-corrected chi connectivity index (χ1v) is 7.48. The van der Waals surface area contributed by atoms with Crippen LogP contribution in [-0.4, -0.2) is 49.6 Å². The van der Waals surface area contributed by atoms with Crippen molar-refractivity contribution in [3.05, 3.63) is 34.1 Å². The average molecular weight is 330 g/mol. The van der Waals surface area contributed by atoms with E-state index in [1.165, 1.54) is 0 Å². The third kappa shape index (κ3) is 3.75. The van der Waals surface area contributed by atoms with Crippen molar-refractivity contribution in [1.29, 1.82) is 0 Å². The topological polar surface area (TPSA) is 32.5 Å². The van der Waals surface area contributed by atoms with Crippen LogP contribution in [0.1, 0.15) is 18.0 Å². The minimum absolute atomic E-state index is 0.106. The van der Waals surface area contributed by atoms with Crippen LogP contribution in [0.4, 0.5) is 4.39 Å². The molecule has 0 radical (unpaired) electrons. The Kier molecular flexibility index (Phi) is 5.33.